The summed E-state index contributed by atoms with van der Waals surface area (Å²) in [4.78, 5) is 48.9. The van der Waals surface area contributed by atoms with Gasteiger partial charge in [-0.15, -0.1) is 20.5 Å². The third-order valence-corrected chi connectivity index (χ3v) is 8.18. The third kappa shape index (κ3) is 8.26. The van der Waals surface area contributed by atoms with E-state index in [9.17, 15) is 29.9 Å². The van der Waals surface area contributed by atoms with Crippen molar-refractivity contribution in [2.24, 2.45) is 20.5 Å². The predicted molar refractivity (Wildman–Crippen MR) is 170 cm³/mol. The Hall–Kier alpha value is -5.24. The van der Waals surface area contributed by atoms with Gasteiger partial charge in [0.2, 0.25) is 10.3 Å². The fourth-order valence-corrected chi connectivity index (χ4v) is 5.40. The van der Waals surface area contributed by atoms with Gasteiger partial charge in [-0.05, 0) is 53.3 Å². The molecule has 0 aliphatic carbocycles. The summed E-state index contributed by atoms with van der Waals surface area (Å²) in [5, 5.41) is 68.2. The number of carbonyl (C=O) groups is 2. The van der Waals surface area contributed by atoms with E-state index in [1.165, 1.54) is 41.7 Å². The van der Waals surface area contributed by atoms with Crippen molar-refractivity contribution < 1.29 is 52.0 Å². The molecule has 0 amide bonds. The second-order valence-corrected chi connectivity index (χ2v) is 12.0. The largest absolute Gasteiger partial charge is 0.872 e. The molecule has 0 aliphatic heterocycles. The molecule has 17 nitrogen and oxygen atoms in total. The molecule has 0 saturated carbocycles. The summed E-state index contributed by atoms with van der Waals surface area (Å²) in [7, 11) is 0. The number of carboxylic acids is 2. The topological polar surface area (TPSA) is 265 Å². The minimum absolute atomic E-state index is 0. The van der Waals surface area contributed by atoms with Crippen LogP contribution in [0.25, 0.3) is 21.8 Å². The predicted octanol–water partition coefficient (Wildman–Crippen LogP) is 7.28. The second kappa shape index (κ2) is 15.3. The van der Waals surface area contributed by atoms with E-state index in [1.54, 1.807) is 6.20 Å². The molecule has 0 saturated heterocycles. The molecular weight excluding hydrogens is 777 g/mol. The molecule has 0 spiro atoms. The molecule has 0 bridgehead atoms. The number of nitro groups is 1. The Bertz CT molecular complexity index is 2340. The molecule has 2 N–H and O–H groups in total. The summed E-state index contributed by atoms with van der Waals surface area (Å²) in [6, 6.07) is 7.57. The number of halogens is 2. The number of carboxylic acid groups (broad SMARTS) is 2. The number of benzene rings is 2. The maximum Gasteiger partial charge on any atom is 0.345 e. The molecule has 6 rings (SSSR count). The van der Waals surface area contributed by atoms with Crippen LogP contribution < -0.4 is 10.2 Å². The molecule has 0 aliphatic rings. The SMILES string of the molecule is Cc1cnc(N=Nc2ccc([O-])c3cc(C(=O)O)c(Cl)nc23)s1.O=C(O)c1cc2c([O-])ccc(N=Nc3ncc([N+](=O)[O-])s3)c2nc1Cl.[Cu]. The molecule has 253 valence electrons. The zero-order valence-corrected chi connectivity index (χ0v) is 27.9. The summed E-state index contributed by atoms with van der Waals surface area (Å²) in [5.41, 5.74) is 0.177. The number of azo groups is 2. The summed E-state index contributed by atoms with van der Waals surface area (Å²) in [5.74, 6) is -3.39. The first-order valence-corrected chi connectivity index (χ1v) is 15.1. The van der Waals surface area contributed by atoms with Gasteiger partial charge in [-0.3, -0.25) is 10.1 Å². The molecule has 0 atom stereocenters. The van der Waals surface area contributed by atoms with Gasteiger partial charge in [0.15, 0.2) is 0 Å². The molecule has 22 heteroatoms. The Balaban J connectivity index is 0.000000217. The third-order valence-electron chi connectivity index (χ3n) is 5.97. The Morgan fingerprint density at radius 1 is 0.776 bits per heavy atom. The van der Waals surface area contributed by atoms with Crippen LogP contribution in [0.3, 0.4) is 0 Å². The normalized spacial score (nSPS) is 11.1. The van der Waals surface area contributed by atoms with Crippen molar-refractivity contribution in [1.29, 1.82) is 0 Å². The van der Waals surface area contributed by atoms with E-state index in [1.807, 2.05) is 6.92 Å². The average Bonchev–Trinajstić information content (AvgIpc) is 3.69. The zero-order valence-electron chi connectivity index (χ0n) is 23.9. The minimum Gasteiger partial charge on any atom is -0.872 e. The van der Waals surface area contributed by atoms with Crippen molar-refractivity contribution in [3.63, 3.8) is 0 Å². The Kier molecular flexibility index (Phi) is 11.4. The monoisotopic (exact) mass is 788 g/mol. The van der Waals surface area contributed by atoms with Crippen LogP contribution in [0.1, 0.15) is 25.6 Å². The van der Waals surface area contributed by atoms with Gasteiger partial charge in [0.05, 0.1) is 27.1 Å². The van der Waals surface area contributed by atoms with E-state index in [-0.39, 0.29) is 81.9 Å². The Morgan fingerprint density at radius 3 is 1.61 bits per heavy atom. The van der Waals surface area contributed by atoms with E-state index >= 15 is 0 Å². The quantitative estimate of drug-likeness (QED) is 0.0531. The van der Waals surface area contributed by atoms with Gasteiger partial charge in [0.25, 0.3) is 0 Å². The van der Waals surface area contributed by atoms with Crippen molar-refractivity contribution in [2.45, 2.75) is 6.92 Å². The molecule has 49 heavy (non-hydrogen) atoms. The van der Waals surface area contributed by atoms with Gasteiger partial charge >= 0.3 is 16.9 Å². The molecular formula is C27H13Cl2CuN9O8S2-2. The fraction of sp³-hybridized carbons (Fsp3) is 0.0370. The van der Waals surface area contributed by atoms with E-state index in [0.717, 1.165) is 28.5 Å². The number of hydrogen-bond acceptors (Lipinski definition) is 16. The second-order valence-electron chi connectivity index (χ2n) is 9.11. The number of aromatic carboxylic acids is 2. The van der Waals surface area contributed by atoms with Gasteiger partial charge in [-0.1, -0.05) is 58.2 Å². The van der Waals surface area contributed by atoms with E-state index in [0.29, 0.717) is 10.8 Å². The smallest absolute Gasteiger partial charge is 0.345 e. The number of thiazole rings is 2. The maximum atomic E-state index is 11.9. The summed E-state index contributed by atoms with van der Waals surface area (Å²) >= 11 is 13.8. The molecule has 6 aromatic rings. The van der Waals surface area contributed by atoms with Crippen LogP contribution in [0.15, 0.2) is 69.2 Å². The Morgan fingerprint density at radius 2 is 1.22 bits per heavy atom. The van der Waals surface area contributed by atoms with Crippen molar-refractivity contribution in [2.75, 3.05) is 0 Å². The van der Waals surface area contributed by atoms with E-state index < -0.39 is 22.6 Å². The average molecular weight is 790 g/mol. The molecule has 0 unspecified atom stereocenters. The van der Waals surface area contributed by atoms with Gasteiger partial charge in [-0.2, -0.15) is 0 Å². The van der Waals surface area contributed by atoms with Crippen LogP contribution in [0.4, 0.5) is 26.6 Å². The van der Waals surface area contributed by atoms with E-state index in [2.05, 4.69) is 40.4 Å². The van der Waals surface area contributed by atoms with Gasteiger partial charge < -0.3 is 20.4 Å². The van der Waals surface area contributed by atoms with Crippen molar-refractivity contribution in [3.8, 4) is 11.5 Å². The van der Waals surface area contributed by atoms with Crippen LogP contribution in [0.2, 0.25) is 10.3 Å². The van der Waals surface area contributed by atoms with Crippen molar-refractivity contribution in [3.05, 3.63) is 85.2 Å². The van der Waals surface area contributed by atoms with Crippen LogP contribution in [-0.4, -0.2) is 47.0 Å². The minimum atomic E-state index is -1.32. The first-order chi connectivity index (χ1) is 22.8. The van der Waals surface area contributed by atoms with Gasteiger partial charge in [0, 0.05) is 28.1 Å². The van der Waals surface area contributed by atoms with E-state index in [4.69, 9.17) is 33.4 Å². The van der Waals surface area contributed by atoms with Crippen molar-refractivity contribution in [1.82, 2.24) is 19.9 Å². The number of aromatic nitrogens is 4. The number of nitrogens with zero attached hydrogens (tertiary/aromatic N) is 9. The van der Waals surface area contributed by atoms with Gasteiger partial charge in [-0.25, -0.2) is 29.5 Å². The number of aryl methyl sites for hydroxylation is 1. The maximum absolute atomic E-state index is 11.9. The van der Waals surface area contributed by atoms with Crippen LogP contribution in [0.5, 0.6) is 11.5 Å². The molecule has 2 aromatic carbocycles. The number of hydrogen-bond donors (Lipinski definition) is 2. The molecule has 4 aromatic heterocycles. The summed E-state index contributed by atoms with van der Waals surface area (Å²) in [6.45, 7) is 1.90. The van der Waals surface area contributed by atoms with Crippen LogP contribution in [-0.2, 0) is 17.1 Å². The number of fused-ring (bicyclic) bond motifs is 2. The summed E-state index contributed by atoms with van der Waals surface area (Å²) < 4.78 is 0. The standard InChI is InChI=1S/C14H9ClN4O3S.C13H6ClN5O5S.Cu/c1-6-5-16-14(23-6)19-18-9-2-3-10(20)7-4-8(13(21)22)12(15)17-11(7)9;14-11-6(12(21)22)3-5-8(20)2-1-7(10(5)16-11)17-18-13-15-4-9(25-13)19(23)24;/h2-5,20H,1H3,(H,21,22);1-4,20H,(H,21,22);/p-2. The molecule has 0 fully saturated rings. The first-order valence-electron chi connectivity index (χ1n) is 12.8. The zero-order chi connectivity index (χ0) is 34.7. The number of rotatable bonds is 7. The summed E-state index contributed by atoms with van der Waals surface area (Å²) in [6.07, 6.45) is 2.72. The van der Waals surface area contributed by atoms with Crippen molar-refractivity contribution >= 4 is 106 Å². The first kappa shape index (κ1) is 36.6. The Labute approximate surface area is 300 Å². The number of pyridine rings is 2. The molecule has 1 radical (unpaired) electrons. The van der Waals surface area contributed by atoms with Crippen LogP contribution in [0, 0.1) is 17.0 Å². The van der Waals surface area contributed by atoms with Crippen LogP contribution >= 0.6 is 45.9 Å². The molecule has 4 heterocycles. The van der Waals surface area contributed by atoms with Gasteiger partial charge in [0.1, 0.15) is 27.9 Å². The fourth-order valence-electron chi connectivity index (χ4n) is 3.83.